The molecular weight excluding hydrogens is 336 g/mol. The van der Waals surface area contributed by atoms with Crippen molar-refractivity contribution >= 4 is 18.0 Å². The Morgan fingerprint density at radius 3 is 2.00 bits per heavy atom. The fourth-order valence-electron chi connectivity index (χ4n) is 3.94. The predicted molar refractivity (Wildman–Crippen MR) is 98.3 cm³/mol. The minimum atomic E-state index is -1.82. The molecule has 1 aliphatic heterocycles. The van der Waals surface area contributed by atoms with E-state index in [2.05, 4.69) is 4.90 Å². The molecule has 3 aliphatic rings. The summed E-state index contributed by atoms with van der Waals surface area (Å²) in [5.41, 5.74) is 0. The number of nitrogens with zero attached hydrogens (tertiary/aromatic N) is 2. The van der Waals surface area contributed by atoms with E-state index in [1.54, 1.807) is 0 Å². The maximum Gasteiger partial charge on any atom is 0.414 e. The predicted octanol–water partition coefficient (Wildman–Crippen LogP) is 3.28. The van der Waals surface area contributed by atoms with Crippen molar-refractivity contribution in [3.8, 4) is 0 Å². The lowest BCUT2D eigenvalue weighted by Crippen LogP contribution is -2.42. The number of carboxylic acids is 2. The number of amidine groups is 1. The molecular formula is C19H32N2O5. The van der Waals surface area contributed by atoms with Gasteiger partial charge in [0, 0.05) is 12.6 Å². The van der Waals surface area contributed by atoms with Crippen LogP contribution in [-0.2, 0) is 14.3 Å². The van der Waals surface area contributed by atoms with Crippen LogP contribution in [-0.4, -0.2) is 58.3 Å². The van der Waals surface area contributed by atoms with Gasteiger partial charge in [0.05, 0.1) is 12.6 Å². The monoisotopic (exact) mass is 368 g/mol. The molecule has 7 heteroatoms. The number of carboxylic acid groups (broad SMARTS) is 2. The van der Waals surface area contributed by atoms with Gasteiger partial charge in [0.25, 0.3) is 6.02 Å². The molecule has 0 atom stereocenters. The third kappa shape index (κ3) is 6.84. The second kappa shape index (κ2) is 11.0. The standard InChI is InChI=1S/C17H30N2O.C2H2O4/c1-3-9-15(10-4-1)18-17-19(13-7-8-14-20-17)16-11-5-2-6-12-16;3-1(4)2(5)6/h15-16H,1-14H2;(H,3,4)(H,5,6). The van der Waals surface area contributed by atoms with Gasteiger partial charge in [0.1, 0.15) is 0 Å². The summed E-state index contributed by atoms with van der Waals surface area (Å²) in [4.78, 5) is 25.8. The van der Waals surface area contributed by atoms with Crippen LogP contribution in [0.15, 0.2) is 4.99 Å². The van der Waals surface area contributed by atoms with Crippen LogP contribution in [0.2, 0.25) is 0 Å². The topological polar surface area (TPSA) is 99.4 Å². The molecule has 0 radical (unpaired) electrons. The van der Waals surface area contributed by atoms with E-state index in [9.17, 15) is 0 Å². The molecule has 2 saturated carbocycles. The highest BCUT2D eigenvalue weighted by Gasteiger charge is 2.27. The SMILES string of the molecule is C1CCC(N=C2OCCCCN2C2CCCCC2)CC1.O=C(O)C(=O)O. The van der Waals surface area contributed by atoms with Crippen LogP contribution in [0.5, 0.6) is 0 Å². The average Bonchev–Trinajstić information content (AvgIpc) is 2.89. The Kier molecular flexibility index (Phi) is 8.71. The lowest BCUT2D eigenvalue weighted by molar-refractivity contribution is -0.159. The lowest BCUT2D eigenvalue weighted by atomic mass is 9.94. The molecule has 2 aliphatic carbocycles. The molecule has 0 aromatic heterocycles. The van der Waals surface area contributed by atoms with Crippen molar-refractivity contribution in [2.24, 2.45) is 4.99 Å². The Labute approximate surface area is 155 Å². The van der Waals surface area contributed by atoms with Gasteiger partial charge in [-0.1, -0.05) is 38.5 Å². The van der Waals surface area contributed by atoms with Crippen LogP contribution in [0.3, 0.4) is 0 Å². The molecule has 148 valence electrons. The Bertz CT molecular complexity index is 470. The zero-order valence-electron chi connectivity index (χ0n) is 15.6. The minimum Gasteiger partial charge on any atom is -0.473 e. The van der Waals surface area contributed by atoms with Gasteiger partial charge in [0.15, 0.2) is 0 Å². The van der Waals surface area contributed by atoms with E-state index in [0.717, 1.165) is 19.2 Å². The summed E-state index contributed by atoms with van der Waals surface area (Å²) in [6.07, 6.45) is 16.0. The molecule has 1 saturated heterocycles. The van der Waals surface area contributed by atoms with Crippen LogP contribution in [0, 0.1) is 0 Å². The van der Waals surface area contributed by atoms with E-state index in [4.69, 9.17) is 29.5 Å². The number of aliphatic carboxylic acids is 2. The number of hydrogen-bond donors (Lipinski definition) is 2. The lowest BCUT2D eigenvalue weighted by Gasteiger charge is -2.35. The van der Waals surface area contributed by atoms with E-state index >= 15 is 0 Å². The smallest absolute Gasteiger partial charge is 0.414 e. The van der Waals surface area contributed by atoms with E-state index in [-0.39, 0.29) is 0 Å². The first kappa shape index (κ1) is 20.5. The van der Waals surface area contributed by atoms with Crippen molar-refractivity contribution < 1.29 is 24.5 Å². The highest BCUT2D eigenvalue weighted by molar-refractivity contribution is 6.27. The average molecular weight is 368 g/mol. The third-order valence-electron chi connectivity index (χ3n) is 5.34. The Balaban J connectivity index is 0.000000352. The first-order chi connectivity index (χ1) is 12.6. The van der Waals surface area contributed by atoms with Crippen molar-refractivity contribution in [3.05, 3.63) is 0 Å². The molecule has 0 bridgehead atoms. The number of ether oxygens (including phenoxy) is 1. The van der Waals surface area contributed by atoms with Crippen molar-refractivity contribution in [3.63, 3.8) is 0 Å². The van der Waals surface area contributed by atoms with Gasteiger partial charge in [-0.05, 0) is 38.5 Å². The van der Waals surface area contributed by atoms with Crippen molar-refractivity contribution in [1.82, 2.24) is 4.90 Å². The minimum absolute atomic E-state index is 0.531. The highest BCUT2D eigenvalue weighted by atomic mass is 16.5. The zero-order valence-corrected chi connectivity index (χ0v) is 15.6. The van der Waals surface area contributed by atoms with Crippen LogP contribution >= 0.6 is 0 Å². The summed E-state index contributed by atoms with van der Waals surface area (Å²) in [5.74, 6) is -3.65. The fraction of sp³-hybridized carbons (Fsp3) is 0.842. The number of aliphatic imine (C=N–C) groups is 1. The summed E-state index contributed by atoms with van der Waals surface area (Å²) in [7, 11) is 0. The van der Waals surface area contributed by atoms with Crippen molar-refractivity contribution in [2.75, 3.05) is 13.2 Å². The number of hydrogen-bond acceptors (Lipinski definition) is 4. The fourth-order valence-corrected chi connectivity index (χ4v) is 3.94. The van der Waals surface area contributed by atoms with Gasteiger partial charge >= 0.3 is 11.9 Å². The molecule has 26 heavy (non-hydrogen) atoms. The molecule has 3 fully saturated rings. The molecule has 2 N–H and O–H groups in total. The molecule has 3 rings (SSSR count). The van der Waals surface area contributed by atoms with Gasteiger partial charge in [-0.15, -0.1) is 0 Å². The van der Waals surface area contributed by atoms with Crippen LogP contribution in [0.4, 0.5) is 0 Å². The maximum atomic E-state index is 9.10. The van der Waals surface area contributed by atoms with Crippen LogP contribution in [0.25, 0.3) is 0 Å². The molecule has 7 nitrogen and oxygen atoms in total. The highest BCUT2D eigenvalue weighted by Crippen LogP contribution is 2.26. The van der Waals surface area contributed by atoms with Gasteiger partial charge in [-0.2, -0.15) is 0 Å². The Morgan fingerprint density at radius 1 is 0.846 bits per heavy atom. The van der Waals surface area contributed by atoms with Crippen LogP contribution in [0.1, 0.15) is 77.0 Å². The van der Waals surface area contributed by atoms with Crippen LogP contribution < -0.4 is 0 Å². The van der Waals surface area contributed by atoms with Gasteiger partial charge in [-0.25, -0.2) is 14.6 Å². The first-order valence-electron chi connectivity index (χ1n) is 10.0. The summed E-state index contributed by atoms with van der Waals surface area (Å²) in [6.45, 7) is 2.03. The molecule has 0 aromatic carbocycles. The largest absolute Gasteiger partial charge is 0.473 e. The summed E-state index contributed by atoms with van der Waals surface area (Å²) >= 11 is 0. The summed E-state index contributed by atoms with van der Waals surface area (Å²) < 4.78 is 6.05. The van der Waals surface area contributed by atoms with Gasteiger partial charge < -0.3 is 19.8 Å². The molecule has 0 amide bonds. The van der Waals surface area contributed by atoms with Gasteiger partial charge in [0.2, 0.25) is 0 Å². The molecule has 0 unspecified atom stereocenters. The normalized spacial score (nSPS) is 24.2. The van der Waals surface area contributed by atoms with E-state index < -0.39 is 11.9 Å². The summed E-state index contributed by atoms with van der Waals surface area (Å²) in [5, 5.41) is 14.8. The second-order valence-corrected chi connectivity index (χ2v) is 7.35. The number of rotatable bonds is 2. The van der Waals surface area contributed by atoms with Crippen molar-refractivity contribution in [2.45, 2.75) is 89.1 Å². The van der Waals surface area contributed by atoms with E-state index in [1.165, 1.54) is 77.0 Å². The zero-order chi connectivity index (χ0) is 18.8. The molecule has 0 aromatic rings. The maximum absolute atomic E-state index is 9.10. The Morgan fingerprint density at radius 2 is 1.42 bits per heavy atom. The molecule has 1 heterocycles. The summed E-state index contributed by atoms with van der Waals surface area (Å²) in [6, 6.07) is 2.23. The third-order valence-corrected chi connectivity index (χ3v) is 5.34. The second-order valence-electron chi connectivity index (χ2n) is 7.35. The van der Waals surface area contributed by atoms with Crippen molar-refractivity contribution in [1.29, 1.82) is 0 Å². The first-order valence-corrected chi connectivity index (χ1v) is 10.0. The number of carbonyl (C=O) groups is 2. The quantitative estimate of drug-likeness (QED) is 0.726. The molecule has 0 spiro atoms. The van der Waals surface area contributed by atoms with Gasteiger partial charge in [-0.3, -0.25) is 0 Å². The van der Waals surface area contributed by atoms with E-state index in [0.29, 0.717) is 12.1 Å². The Hall–Kier alpha value is -1.79. The van der Waals surface area contributed by atoms with E-state index in [1.807, 2.05) is 0 Å².